The molecule has 0 saturated heterocycles. The van der Waals surface area contributed by atoms with Gasteiger partial charge in [-0.25, -0.2) is 4.98 Å². The number of para-hydroxylation sites is 2. The number of methoxy groups -OCH3 is 1. The van der Waals surface area contributed by atoms with E-state index in [1.807, 2.05) is 49.4 Å². The van der Waals surface area contributed by atoms with E-state index in [-0.39, 0.29) is 17.6 Å². The predicted molar refractivity (Wildman–Crippen MR) is 99.6 cm³/mol. The Morgan fingerprint density at radius 3 is 2.52 bits per heavy atom. The topological polar surface area (TPSA) is 56.1 Å². The summed E-state index contributed by atoms with van der Waals surface area (Å²) in [6.45, 7) is 2.48. The number of benzene rings is 2. The quantitative estimate of drug-likeness (QED) is 0.751. The van der Waals surface area contributed by atoms with Gasteiger partial charge in [-0.3, -0.25) is 10.1 Å². The molecule has 2 atom stereocenters. The average Bonchev–Trinajstić information content (AvgIpc) is 2.65. The highest BCUT2D eigenvalue weighted by Crippen LogP contribution is 2.19. The number of nitrogens with one attached hydrogen (secondary N) is 1. The lowest BCUT2D eigenvalue weighted by molar-refractivity contribution is 0.161. The Balaban J connectivity index is 1.94. The van der Waals surface area contributed by atoms with Crippen molar-refractivity contribution >= 4 is 11.0 Å². The van der Waals surface area contributed by atoms with Crippen LogP contribution in [0.5, 0.6) is 0 Å². The predicted octanol–water partition coefficient (Wildman–Crippen LogP) is 2.97. The number of fused-ring (bicyclic) bond motifs is 1. The maximum absolute atomic E-state index is 12.7. The number of ether oxygens (including phenoxy) is 1. The number of aryl methyl sites for hydroxylation is 1. The Kier molecular flexibility index (Phi) is 5.26. The van der Waals surface area contributed by atoms with E-state index in [0.29, 0.717) is 12.3 Å². The summed E-state index contributed by atoms with van der Waals surface area (Å²) in [6, 6.07) is 17.5. The molecular weight excluding hydrogens is 314 g/mol. The molecule has 0 amide bonds. The summed E-state index contributed by atoms with van der Waals surface area (Å²) in [5, 5.41) is 3.48. The summed E-state index contributed by atoms with van der Waals surface area (Å²) in [5.74, 6) is 0. The molecule has 3 aromatic rings. The molecule has 0 spiro atoms. The van der Waals surface area contributed by atoms with Gasteiger partial charge in [0.15, 0.2) is 0 Å². The highest BCUT2D eigenvalue weighted by Gasteiger charge is 2.20. The zero-order valence-corrected chi connectivity index (χ0v) is 14.8. The maximum Gasteiger partial charge on any atom is 0.274 e. The summed E-state index contributed by atoms with van der Waals surface area (Å²) in [4.78, 5) is 17.3. The second kappa shape index (κ2) is 7.59. The third-order valence-corrected chi connectivity index (χ3v) is 4.40. The highest BCUT2D eigenvalue weighted by molar-refractivity contribution is 5.74. The van der Waals surface area contributed by atoms with Gasteiger partial charge in [-0.1, -0.05) is 42.5 Å². The molecule has 1 N–H and O–H groups in total. The lowest BCUT2D eigenvalue weighted by Gasteiger charge is -2.23. The molecule has 25 heavy (non-hydrogen) atoms. The first-order chi connectivity index (χ1) is 12.1. The largest absolute Gasteiger partial charge is 0.383 e. The third kappa shape index (κ3) is 3.62. The van der Waals surface area contributed by atoms with Gasteiger partial charge >= 0.3 is 0 Å². The number of nitrogens with zero attached hydrogens (tertiary/aromatic N) is 2. The van der Waals surface area contributed by atoms with E-state index < -0.39 is 0 Å². The summed E-state index contributed by atoms with van der Waals surface area (Å²) in [5.41, 5.74) is 3.20. The van der Waals surface area contributed by atoms with Gasteiger partial charge in [-0.15, -0.1) is 0 Å². The van der Waals surface area contributed by atoms with Gasteiger partial charge in [0.2, 0.25) is 0 Å². The summed E-state index contributed by atoms with van der Waals surface area (Å²) < 4.78 is 7.01. The van der Waals surface area contributed by atoms with Crippen molar-refractivity contribution in [2.75, 3.05) is 13.7 Å². The van der Waals surface area contributed by atoms with E-state index in [1.165, 1.54) is 0 Å². The molecule has 0 aliphatic rings. The molecule has 5 heteroatoms. The molecule has 0 aliphatic carbocycles. The van der Waals surface area contributed by atoms with Crippen LogP contribution in [0.2, 0.25) is 0 Å². The van der Waals surface area contributed by atoms with Crippen LogP contribution in [0.1, 0.15) is 30.3 Å². The first-order valence-electron chi connectivity index (χ1n) is 8.37. The van der Waals surface area contributed by atoms with E-state index in [9.17, 15) is 4.79 Å². The third-order valence-electron chi connectivity index (χ3n) is 4.40. The van der Waals surface area contributed by atoms with Crippen molar-refractivity contribution in [1.29, 1.82) is 0 Å². The normalized spacial score (nSPS) is 13.7. The average molecular weight is 337 g/mol. The standard InChI is InChI=1S/C20H23N3O2/c1-14(21-17(13-25-3)15-9-5-4-6-10-15)19-20(24)23(2)18-12-8-7-11-16(18)22-19/h4-12,14,17,21H,13H2,1-3H3/t14-,17-/m0/s1. The van der Waals surface area contributed by atoms with E-state index >= 15 is 0 Å². The molecule has 0 radical (unpaired) electrons. The van der Waals surface area contributed by atoms with Crippen molar-refractivity contribution in [3.63, 3.8) is 0 Å². The van der Waals surface area contributed by atoms with Gasteiger partial charge in [-0.2, -0.15) is 0 Å². The van der Waals surface area contributed by atoms with Gasteiger partial charge < -0.3 is 9.30 Å². The Hall–Kier alpha value is -2.50. The van der Waals surface area contributed by atoms with Crippen molar-refractivity contribution in [2.24, 2.45) is 7.05 Å². The molecule has 0 unspecified atom stereocenters. The summed E-state index contributed by atoms with van der Waals surface area (Å²) >= 11 is 0. The minimum absolute atomic E-state index is 0.0147. The van der Waals surface area contributed by atoms with Gasteiger partial charge in [0.25, 0.3) is 5.56 Å². The van der Waals surface area contributed by atoms with Crippen LogP contribution in [0.25, 0.3) is 11.0 Å². The Morgan fingerprint density at radius 1 is 1.12 bits per heavy atom. The SMILES string of the molecule is COC[C@H](N[C@@H](C)c1nc2ccccc2n(C)c1=O)c1ccccc1. The van der Waals surface area contributed by atoms with Gasteiger partial charge in [0.1, 0.15) is 5.69 Å². The number of hydrogen-bond acceptors (Lipinski definition) is 4. The Labute approximate surface area is 147 Å². The van der Waals surface area contributed by atoms with Crippen LogP contribution >= 0.6 is 0 Å². The first-order valence-corrected chi connectivity index (χ1v) is 8.37. The number of aromatic nitrogens is 2. The minimum atomic E-state index is -0.205. The van der Waals surface area contributed by atoms with Crippen LogP contribution in [-0.4, -0.2) is 23.3 Å². The van der Waals surface area contributed by atoms with Crippen molar-refractivity contribution in [2.45, 2.75) is 19.0 Å². The van der Waals surface area contributed by atoms with Gasteiger partial charge in [0.05, 0.1) is 29.7 Å². The smallest absolute Gasteiger partial charge is 0.274 e. The number of hydrogen-bond donors (Lipinski definition) is 1. The Bertz CT molecular complexity index is 906. The molecule has 0 bridgehead atoms. The van der Waals surface area contributed by atoms with Crippen LogP contribution in [-0.2, 0) is 11.8 Å². The van der Waals surface area contributed by atoms with Crippen LogP contribution in [0, 0.1) is 0 Å². The zero-order chi connectivity index (χ0) is 17.8. The lowest BCUT2D eigenvalue weighted by atomic mass is 10.1. The molecular formula is C20H23N3O2. The van der Waals surface area contributed by atoms with E-state index in [2.05, 4.69) is 22.4 Å². The first kappa shape index (κ1) is 17.3. The minimum Gasteiger partial charge on any atom is -0.383 e. The van der Waals surface area contributed by atoms with E-state index in [1.54, 1.807) is 18.7 Å². The fraction of sp³-hybridized carbons (Fsp3) is 0.300. The molecule has 2 aromatic carbocycles. The monoisotopic (exact) mass is 337 g/mol. The van der Waals surface area contributed by atoms with Crippen LogP contribution in [0.15, 0.2) is 59.4 Å². The highest BCUT2D eigenvalue weighted by atomic mass is 16.5. The van der Waals surface area contributed by atoms with Crippen molar-refractivity contribution < 1.29 is 4.74 Å². The molecule has 1 aromatic heterocycles. The fourth-order valence-electron chi connectivity index (χ4n) is 3.06. The van der Waals surface area contributed by atoms with Crippen LogP contribution < -0.4 is 10.9 Å². The molecule has 0 aliphatic heterocycles. The fourth-order valence-corrected chi connectivity index (χ4v) is 3.06. The molecule has 130 valence electrons. The summed E-state index contributed by atoms with van der Waals surface area (Å²) in [6.07, 6.45) is 0. The summed E-state index contributed by atoms with van der Waals surface area (Å²) in [7, 11) is 3.46. The van der Waals surface area contributed by atoms with E-state index in [4.69, 9.17) is 4.74 Å². The maximum atomic E-state index is 12.7. The lowest BCUT2D eigenvalue weighted by Crippen LogP contribution is -2.34. The van der Waals surface area contributed by atoms with Crippen molar-refractivity contribution in [3.8, 4) is 0 Å². The molecule has 5 nitrogen and oxygen atoms in total. The molecule has 0 saturated carbocycles. The van der Waals surface area contributed by atoms with Gasteiger partial charge in [-0.05, 0) is 24.6 Å². The molecule has 1 heterocycles. The zero-order valence-electron chi connectivity index (χ0n) is 14.8. The van der Waals surface area contributed by atoms with Crippen LogP contribution in [0.4, 0.5) is 0 Å². The van der Waals surface area contributed by atoms with Crippen molar-refractivity contribution in [1.82, 2.24) is 14.9 Å². The number of rotatable bonds is 6. The molecule has 0 fully saturated rings. The second-order valence-electron chi connectivity index (χ2n) is 6.16. The Morgan fingerprint density at radius 2 is 1.80 bits per heavy atom. The van der Waals surface area contributed by atoms with Gasteiger partial charge in [0, 0.05) is 14.2 Å². The van der Waals surface area contributed by atoms with E-state index in [0.717, 1.165) is 16.6 Å². The molecule has 3 rings (SSSR count). The second-order valence-corrected chi connectivity index (χ2v) is 6.16. The van der Waals surface area contributed by atoms with Crippen LogP contribution in [0.3, 0.4) is 0 Å². The van der Waals surface area contributed by atoms with Crippen molar-refractivity contribution in [3.05, 3.63) is 76.2 Å².